The Balaban J connectivity index is 1.53. The molecule has 4 heterocycles. The van der Waals surface area contributed by atoms with Crippen molar-refractivity contribution in [3.05, 3.63) is 66.1 Å². The SMILES string of the molecule is COc1ccc(-n2ncc(C(=O)NCc3ccc(-n4cncn4)nc3)c2C(F)(F)F)nn1. The maximum Gasteiger partial charge on any atom is 0.434 e. The molecule has 4 aromatic heterocycles. The summed E-state index contributed by atoms with van der Waals surface area (Å²) in [5, 5.41) is 17.4. The van der Waals surface area contributed by atoms with Crippen molar-refractivity contribution < 1.29 is 22.7 Å². The molecule has 0 fully saturated rings. The van der Waals surface area contributed by atoms with Crippen molar-refractivity contribution in [3.63, 3.8) is 0 Å². The van der Waals surface area contributed by atoms with Crippen LogP contribution in [0.5, 0.6) is 5.88 Å². The second-order valence-corrected chi connectivity index (χ2v) is 6.30. The van der Waals surface area contributed by atoms with Gasteiger partial charge in [0.25, 0.3) is 5.91 Å². The number of nitrogens with one attached hydrogen (secondary N) is 1. The van der Waals surface area contributed by atoms with Crippen LogP contribution in [0.2, 0.25) is 0 Å². The molecule has 0 aromatic carbocycles. The van der Waals surface area contributed by atoms with Crippen LogP contribution in [0.25, 0.3) is 11.6 Å². The second-order valence-electron chi connectivity index (χ2n) is 6.30. The predicted octanol–water partition coefficient (Wildman–Crippen LogP) is 1.60. The highest BCUT2D eigenvalue weighted by Gasteiger charge is 2.41. The summed E-state index contributed by atoms with van der Waals surface area (Å²) in [5.41, 5.74) is -1.35. The van der Waals surface area contributed by atoms with Gasteiger partial charge in [-0.3, -0.25) is 4.79 Å². The Bertz CT molecular complexity index is 1200. The summed E-state index contributed by atoms with van der Waals surface area (Å²) in [4.78, 5) is 20.5. The molecule has 0 radical (unpaired) electrons. The van der Waals surface area contributed by atoms with Gasteiger partial charge < -0.3 is 10.1 Å². The van der Waals surface area contributed by atoms with Gasteiger partial charge in [-0.2, -0.15) is 23.4 Å². The molecule has 14 heteroatoms. The Morgan fingerprint density at radius 1 is 1.09 bits per heavy atom. The minimum Gasteiger partial charge on any atom is -0.480 e. The number of methoxy groups -OCH3 is 1. The average Bonchev–Trinajstić information content (AvgIpc) is 3.48. The molecular weight excluding hydrogens is 431 g/mol. The first-order valence-electron chi connectivity index (χ1n) is 8.98. The van der Waals surface area contributed by atoms with E-state index in [4.69, 9.17) is 4.74 Å². The molecule has 164 valence electrons. The lowest BCUT2D eigenvalue weighted by Crippen LogP contribution is -2.26. The molecule has 0 aliphatic heterocycles. The Morgan fingerprint density at radius 2 is 1.91 bits per heavy atom. The number of hydrogen-bond acceptors (Lipinski definition) is 8. The number of nitrogens with zero attached hydrogens (tertiary/aromatic N) is 8. The lowest BCUT2D eigenvalue weighted by Gasteiger charge is -2.12. The van der Waals surface area contributed by atoms with Crippen LogP contribution in [0.3, 0.4) is 0 Å². The van der Waals surface area contributed by atoms with Crippen molar-refractivity contribution in [3.8, 4) is 17.5 Å². The topological polar surface area (TPSA) is 126 Å². The summed E-state index contributed by atoms with van der Waals surface area (Å²) in [6.07, 6.45) is 0.249. The minimum absolute atomic E-state index is 0.0473. The van der Waals surface area contributed by atoms with E-state index in [-0.39, 0.29) is 18.2 Å². The van der Waals surface area contributed by atoms with E-state index < -0.39 is 23.3 Å². The number of carbonyl (C=O) groups excluding carboxylic acids is 1. The van der Waals surface area contributed by atoms with Crippen LogP contribution in [0.4, 0.5) is 13.2 Å². The fraction of sp³-hybridized carbons (Fsp3) is 0.167. The molecule has 32 heavy (non-hydrogen) atoms. The van der Waals surface area contributed by atoms with E-state index in [0.717, 1.165) is 6.20 Å². The van der Waals surface area contributed by atoms with Crippen LogP contribution in [0.15, 0.2) is 49.3 Å². The molecule has 4 aromatic rings. The molecule has 4 rings (SSSR count). The van der Waals surface area contributed by atoms with Crippen molar-refractivity contribution in [2.75, 3.05) is 7.11 Å². The average molecular weight is 445 g/mol. The van der Waals surface area contributed by atoms with Gasteiger partial charge in [0.15, 0.2) is 17.3 Å². The molecular formula is C18H14F3N9O2. The third-order valence-corrected chi connectivity index (χ3v) is 4.25. The smallest absolute Gasteiger partial charge is 0.434 e. The number of alkyl halides is 3. The highest BCUT2D eigenvalue weighted by molar-refractivity contribution is 5.95. The summed E-state index contributed by atoms with van der Waals surface area (Å²) < 4.78 is 48.0. The molecule has 0 saturated carbocycles. The minimum atomic E-state index is -4.87. The van der Waals surface area contributed by atoms with Crippen LogP contribution in [-0.2, 0) is 12.7 Å². The van der Waals surface area contributed by atoms with E-state index >= 15 is 0 Å². The Morgan fingerprint density at radius 3 is 2.50 bits per heavy atom. The molecule has 0 bridgehead atoms. The van der Waals surface area contributed by atoms with Crippen LogP contribution in [0.1, 0.15) is 21.6 Å². The highest BCUT2D eigenvalue weighted by atomic mass is 19.4. The molecule has 0 aliphatic rings. The van der Waals surface area contributed by atoms with Crippen molar-refractivity contribution >= 4 is 5.91 Å². The van der Waals surface area contributed by atoms with E-state index in [1.165, 1.54) is 42.8 Å². The molecule has 0 aliphatic carbocycles. The third kappa shape index (κ3) is 4.23. The fourth-order valence-corrected chi connectivity index (χ4v) is 2.76. The quantitative estimate of drug-likeness (QED) is 0.474. The lowest BCUT2D eigenvalue weighted by atomic mass is 10.2. The summed E-state index contributed by atoms with van der Waals surface area (Å²) in [6.45, 7) is -0.0473. The monoisotopic (exact) mass is 445 g/mol. The van der Waals surface area contributed by atoms with Gasteiger partial charge in [0.2, 0.25) is 5.88 Å². The molecule has 0 spiro atoms. The maximum absolute atomic E-state index is 13.7. The Kier molecular flexibility index (Phi) is 5.49. The van der Waals surface area contributed by atoms with Crippen LogP contribution in [0, 0.1) is 0 Å². The number of ether oxygens (including phenoxy) is 1. The summed E-state index contributed by atoms with van der Waals surface area (Å²) in [6, 6.07) is 5.88. The number of aromatic nitrogens is 8. The predicted molar refractivity (Wildman–Crippen MR) is 101 cm³/mol. The number of pyridine rings is 1. The molecule has 11 nitrogen and oxygen atoms in total. The van der Waals surface area contributed by atoms with Gasteiger partial charge in [-0.05, 0) is 17.7 Å². The van der Waals surface area contributed by atoms with Crippen LogP contribution < -0.4 is 10.1 Å². The summed E-state index contributed by atoms with van der Waals surface area (Å²) in [7, 11) is 1.35. The van der Waals surface area contributed by atoms with Gasteiger partial charge in [-0.25, -0.2) is 19.3 Å². The van der Waals surface area contributed by atoms with E-state index in [9.17, 15) is 18.0 Å². The molecule has 0 unspecified atom stereocenters. The van der Waals surface area contributed by atoms with E-state index in [1.54, 1.807) is 12.1 Å². The zero-order chi connectivity index (χ0) is 22.7. The van der Waals surface area contributed by atoms with Gasteiger partial charge in [-0.15, -0.1) is 10.2 Å². The number of rotatable bonds is 6. The first kappa shape index (κ1) is 20.9. The molecule has 0 atom stereocenters. The third-order valence-electron chi connectivity index (χ3n) is 4.25. The zero-order valence-electron chi connectivity index (χ0n) is 16.4. The van der Waals surface area contributed by atoms with E-state index in [2.05, 4.69) is 35.7 Å². The number of halogens is 3. The number of hydrogen-bond donors (Lipinski definition) is 1. The maximum atomic E-state index is 13.7. The Hall–Kier alpha value is -4.36. The van der Waals surface area contributed by atoms with Crippen LogP contribution in [-0.4, -0.2) is 52.7 Å². The summed E-state index contributed by atoms with van der Waals surface area (Å²) in [5.74, 6) is -0.551. The Labute approximate surface area is 177 Å². The molecule has 1 amide bonds. The molecule has 1 N–H and O–H groups in total. The number of amides is 1. The zero-order valence-corrected chi connectivity index (χ0v) is 16.4. The van der Waals surface area contributed by atoms with E-state index in [0.29, 0.717) is 16.1 Å². The van der Waals surface area contributed by atoms with Gasteiger partial charge in [0.05, 0.1) is 18.9 Å². The normalized spacial score (nSPS) is 11.4. The van der Waals surface area contributed by atoms with Crippen molar-refractivity contribution in [1.29, 1.82) is 0 Å². The van der Waals surface area contributed by atoms with Gasteiger partial charge >= 0.3 is 6.18 Å². The second kappa shape index (κ2) is 8.41. The van der Waals surface area contributed by atoms with Gasteiger partial charge in [0, 0.05) is 18.8 Å². The van der Waals surface area contributed by atoms with E-state index in [1.807, 2.05) is 0 Å². The standard InChI is InChI=1S/C18H14F3N9O2/c1-32-15-5-4-14(27-28-15)30-16(18(19,20)21)12(8-25-30)17(31)24-7-11-2-3-13(23-6-11)29-10-22-9-26-29/h2-6,8-10H,7H2,1H3,(H,24,31). The fourth-order valence-electron chi connectivity index (χ4n) is 2.76. The lowest BCUT2D eigenvalue weighted by molar-refractivity contribution is -0.143. The first-order valence-corrected chi connectivity index (χ1v) is 8.98. The van der Waals surface area contributed by atoms with Crippen molar-refractivity contribution in [1.82, 2.24) is 45.0 Å². The largest absolute Gasteiger partial charge is 0.480 e. The highest BCUT2D eigenvalue weighted by Crippen LogP contribution is 2.33. The van der Waals surface area contributed by atoms with Gasteiger partial charge in [-0.1, -0.05) is 6.07 Å². The van der Waals surface area contributed by atoms with Crippen LogP contribution >= 0.6 is 0 Å². The van der Waals surface area contributed by atoms with Crippen molar-refractivity contribution in [2.45, 2.75) is 12.7 Å². The number of carbonyl (C=O) groups is 1. The molecule has 0 saturated heterocycles. The summed E-state index contributed by atoms with van der Waals surface area (Å²) >= 11 is 0. The van der Waals surface area contributed by atoms with Gasteiger partial charge in [0.1, 0.15) is 12.7 Å². The van der Waals surface area contributed by atoms with Crippen molar-refractivity contribution in [2.24, 2.45) is 0 Å². The first-order chi connectivity index (χ1) is 15.4.